The second kappa shape index (κ2) is 6.34. The summed E-state index contributed by atoms with van der Waals surface area (Å²) in [5.74, 6) is 0.177. The minimum absolute atomic E-state index is 0.143. The van der Waals surface area contributed by atoms with E-state index in [4.69, 9.17) is 16.7 Å². The van der Waals surface area contributed by atoms with Crippen molar-refractivity contribution in [1.82, 2.24) is 4.31 Å². The maximum atomic E-state index is 12.6. The number of benzene rings is 1. The van der Waals surface area contributed by atoms with Crippen LogP contribution in [0.1, 0.15) is 6.42 Å². The summed E-state index contributed by atoms with van der Waals surface area (Å²) in [5, 5.41) is 9.37. The van der Waals surface area contributed by atoms with E-state index in [0.717, 1.165) is 0 Å². The standard InChI is InChI=1S/C12H14ClNO4S2/c13-9-1-3-11(4-2-9)20(17,18)14-5-6-19-8-10(14)7-12(15)16/h1-4,10H,5-8H2,(H,15,16). The second-order valence-electron chi connectivity index (χ2n) is 4.40. The number of carboxylic acid groups (broad SMARTS) is 1. The van der Waals surface area contributed by atoms with Gasteiger partial charge in [0.25, 0.3) is 0 Å². The predicted molar refractivity (Wildman–Crippen MR) is 78.7 cm³/mol. The Hall–Kier alpha value is -0.760. The molecule has 1 unspecified atom stereocenters. The molecule has 0 aliphatic carbocycles. The Labute approximate surface area is 127 Å². The molecule has 1 aromatic carbocycles. The van der Waals surface area contributed by atoms with Crippen LogP contribution in [0, 0.1) is 0 Å². The zero-order valence-corrected chi connectivity index (χ0v) is 12.9. The molecule has 1 N–H and O–H groups in total. The van der Waals surface area contributed by atoms with E-state index < -0.39 is 22.0 Å². The maximum absolute atomic E-state index is 12.6. The van der Waals surface area contributed by atoms with Crippen molar-refractivity contribution in [3.63, 3.8) is 0 Å². The van der Waals surface area contributed by atoms with Crippen molar-refractivity contribution in [3.8, 4) is 0 Å². The van der Waals surface area contributed by atoms with E-state index in [1.54, 1.807) is 11.8 Å². The molecule has 110 valence electrons. The van der Waals surface area contributed by atoms with Crippen LogP contribution in [-0.4, -0.2) is 47.9 Å². The van der Waals surface area contributed by atoms with Crippen LogP contribution < -0.4 is 0 Å². The first-order valence-corrected chi connectivity index (χ1v) is 8.95. The molecule has 0 saturated carbocycles. The summed E-state index contributed by atoms with van der Waals surface area (Å²) in [6.45, 7) is 0.327. The fraction of sp³-hybridized carbons (Fsp3) is 0.417. The van der Waals surface area contributed by atoms with E-state index in [9.17, 15) is 13.2 Å². The molecule has 0 aromatic heterocycles. The lowest BCUT2D eigenvalue weighted by Crippen LogP contribution is -2.46. The van der Waals surface area contributed by atoms with Crippen molar-refractivity contribution < 1.29 is 18.3 Å². The van der Waals surface area contributed by atoms with Crippen LogP contribution in [0.3, 0.4) is 0 Å². The van der Waals surface area contributed by atoms with Crippen molar-refractivity contribution in [3.05, 3.63) is 29.3 Å². The lowest BCUT2D eigenvalue weighted by Gasteiger charge is -2.33. The molecule has 8 heteroatoms. The van der Waals surface area contributed by atoms with E-state index >= 15 is 0 Å². The molecule has 0 spiro atoms. The molecule has 20 heavy (non-hydrogen) atoms. The predicted octanol–water partition coefficient (Wildman–Crippen LogP) is 1.92. The second-order valence-corrected chi connectivity index (χ2v) is 7.87. The SMILES string of the molecule is O=C(O)CC1CSCCN1S(=O)(=O)c1ccc(Cl)cc1. The van der Waals surface area contributed by atoms with Crippen LogP contribution in [0.5, 0.6) is 0 Å². The van der Waals surface area contributed by atoms with E-state index in [1.807, 2.05) is 0 Å². The average molecular weight is 336 g/mol. The van der Waals surface area contributed by atoms with Gasteiger partial charge in [0.15, 0.2) is 0 Å². The van der Waals surface area contributed by atoms with Crippen LogP contribution in [0.2, 0.25) is 5.02 Å². The monoisotopic (exact) mass is 335 g/mol. The molecule has 2 rings (SSSR count). The quantitative estimate of drug-likeness (QED) is 0.910. The van der Waals surface area contributed by atoms with Gasteiger partial charge in [-0.3, -0.25) is 4.79 Å². The summed E-state index contributed by atoms with van der Waals surface area (Å²) in [5.41, 5.74) is 0. The van der Waals surface area contributed by atoms with Crippen LogP contribution in [0.15, 0.2) is 29.2 Å². The zero-order valence-electron chi connectivity index (χ0n) is 10.5. The number of rotatable bonds is 4. The Kier molecular flexibility index (Phi) is 4.95. The molecule has 0 amide bonds. The summed E-state index contributed by atoms with van der Waals surface area (Å²) in [6.07, 6.45) is -0.181. The number of carboxylic acids is 1. The fourth-order valence-electron chi connectivity index (χ4n) is 2.06. The van der Waals surface area contributed by atoms with Gasteiger partial charge in [-0.1, -0.05) is 11.6 Å². The fourth-order valence-corrected chi connectivity index (χ4v) is 5.08. The number of nitrogens with zero attached hydrogens (tertiary/aromatic N) is 1. The maximum Gasteiger partial charge on any atom is 0.305 e. The molecular weight excluding hydrogens is 322 g/mol. The Morgan fingerprint density at radius 3 is 2.65 bits per heavy atom. The highest BCUT2D eigenvalue weighted by Crippen LogP contribution is 2.27. The van der Waals surface area contributed by atoms with E-state index in [1.165, 1.54) is 28.6 Å². The first kappa shape index (κ1) is 15.6. The van der Waals surface area contributed by atoms with Gasteiger partial charge in [-0.25, -0.2) is 8.42 Å². The summed E-state index contributed by atoms with van der Waals surface area (Å²) in [6, 6.07) is 5.40. The summed E-state index contributed by atoms with van der Waals surface area (Å²) < 4.78 is 26.4. The van der Waals surface area contributed by atoms with Crippen molar-refractivity contribution in [2.45, 2.75) is 17.4 Å². The number of thioether (sulfide) groups is 1. The Morgan fingerprint density at radius 1 is 1.40 bits per heavy atom. The molecule has 1 aromatic rings. The van der Waals surface area contributed by atoms with Gasteiger partial charge >= 0.3 is 5.97 Å². The molecule has 0 radical (unpaired) electrons. The van der Waals surface area contributed by atoms with Crippen molar-refractivity contribution in [2.75, 3.05) is 18.1 Å². The molecule has 5 nitrogen and oxygen atoms in total. The molecule has 0 bridgehead atoms. The molecule has 1 aliphatic rings. The number of hydrogen-bond acceptors (Lipinski definition) is 4. The van der Waals surface area contributed by atoms with Gasteiger partial charge in [0, 0.05) is 29.1 Å². The average Bonchev–Trinajstić information content (AvgIpc) is 2.39. The third kappa shape index (κ3) is 3.46. The minimum atomic E-state index is -3.68. The molecule has 1 aliphatic heterocycles. The summed E-state index contributed by atoms with van der Waals surface area (Å²) in [7, 11) is -3.68. The number of sulfonamides is 1. The first-order chi connectivity index (χ1) is 9.41. The van der Waals surface area contributed by atoms with Gasteiger partial charge in [0.05, 0.1) is 11.3 Å². The summed E-state index contributed by atoms with van der Waals surface area (Å²) in [4.78, 5) is 11.0. The molecular formula is C12H14ClNO4S2. The molecule has 1 saturated heterocycles. The van der Waals surface area contributed by atoms with Crippen LogP contribution in [0.4, 0.5) is 0 Å². The smallest absolute Gasteiger partial charge is 0.305 e. The normalized spacial score (nSPS) is 20.8. The Balaban J connectivity index is 2.30. The third-order valence-corrected chi connectivity index (χ3v) is 6.31. The largest absolute Gasteiger partial charge is 0.481 e. The Bertz CT molecular complexity index is 588. The highest BCUT2D eigenvalue weighted by molar-refractivity contribution is 7.99. The zero-order chi connectivity index (χ0) is 14.8. The molecule has 1 fully saturated rings. The van der Waals surface area contributed by atoms with Gasteiger partial charge in [-0.15, -0.1) is 0 Å². The van der Waals surface area contributed by atoms with Crippen molar-refractivity contribution in [2.24, 2.45) is 0 Å². The lowest BCUT2D eigenvalue weighted by atomic mass is 10.2. The number of halogens is 1. The minimum Gasteiger partial charge on any atom is -0.481 e. The summed E-state index contributed by atoms with van der Waals surface area (Å²) >= 11 is 7.33. The van der Waals surface area contributed by atoms with Gasteiger partial charge in [-0.05, 0) is 24.3 Å². The van der Waals surface area contributed by atoms with Crippen LogP contribution in [0.25, 0.3) is 0 Å². The van der Waals surface area contributed by atoms with E-state index in [0.29, 0.717) is 23.1 Å². The number of carbonyl (C=O) groups is 1. The number of hydrogen-bond donors (Lipinski definition) is 1. The third-order valence-electron chi connectivity index (χ3n) is 3.00. The highest BCUT2D eigenvalue weighted by atomic mass is 35.5. The Morgan fingerprint density at radius 2 is 2.05 bits per heavy atom. The lowest BCUT2D eigenvalue weighted by molar-refractivity contribution is -0.137. The van der Waals surface area contributed by atoms with Gasteiger partial charge in [-0.2, -0.15) is 16.1 Å². The van der Waals surface area contributed by atoms with Crippen LogP contribution >= 0.6 is 23.4 Å². The van der Waals surface area contributed by atoms with Gasteiger partial charge < -0.3 is 5.11 Å². The van der Waals surface area contributed by atoms with Gasteiger partial charge in [0.2, 0.25) is 10.0 Å². The van der Waals surface area contributed by atoms with Gasteiger partial charge in [0.1, 0.15) is 0 Å². The van der Waals surface area contributed by atoms with E-state index in [-0.39, 0.29) is 11.3 Å². The van der Waals surface area contributed by atoms with E-state index in [2.05, 4.69) is 0 Å². The topological polar surface area (TPSA) is 74.7 Å². The number of aliphatic carboxylic acids is 1. The highest BCUT2D eigenvalue weighted by Gasteiger charge is 2.34. The molecule has 1 heterocycles. The van der Waals surface area contributed by atoms with Crippen molar-refractivity contribution >= 4 is 39.4 Å². The van der Waals surface area contributed by atoms with Crippen LogP contribution in [-0.2, 0) is 14.8 Å². The molecule has 1 atom stereocenters. The van der Waals surface area contributed by atoms with Crippen molar-refractivity contribution in [1.29, 1.82) is 0 Å². The first-order valence-electron chi connectivity index (χ1n) is 5.98.